The third-order valence-corrected chi connectivity index (χ3v) is 5.37. The SMILES string of the molecule is O=C(NCC1CCCC1O)C1(c2ccc(F)cc2F)CCOCC1. The predicted octanol–water partition coefficient (Wildman–Crippen LogP) is 2.29. The largest absolute Gasteiger partial charge is 0.393 e. The minimum Gasteiger partial charge on any atom is -0.393 e. The first kappa shape index (κ1) is 17.3. The van der Waals surface area contributed by atoms with Crippen LogP contribution in [0.25, 0.3) is 0 Å². The lowest BCUT2D eigenvalue weighted by molar-refractivity contribution is -0.131. The Morgan fingerprint density at radius 3 is 2.67 bits per heavy atom. The zero-order chi connectivity index (χ0) is 17.2. The van der Waals surface area contributed by atoms with Crippen molar-refractivity contribution < 1.29 is 23.4 Å². The van der Waals surface area contributed by atoms with Crippen LogP contribution in [0.3, 0.4) is 0 Å². The minimum atomic E-state index is -1.04. The molecule has 4 nitrogen and oxygen atoms in total. The molecule has 1 aliphatic heterocycles. The predicted molar refractivity (Wildman–Crippen MR) is 84.4 cm³/mol. The molecule has 1 saturated heterocycles. The third-order valence-electron chi connectivity index (χ3n) is 5.37. The summed E-state index contributed by atoms with van der Waals surface area (Å²) >= 11 is 0. The van der Waals surface area contributed by atoms with Crippen LogP contribution in [-0.2, 0) is 14.9 Å². The van der Waals surface area contributed by atoms with E-state index in [2.05, 4.69) is 5.32 Å². The molecule has 3 rings (SSSR count). The van der Waals surface area contributed by atoms with Gasteiger partial charge in [-0.05, 0) is 31.7 Å². The summed E-state index contributed by atoms with van der Waals surface area (Å²) in [6.07, 6.45) is 2.91. The van der Waals surface area contributed by atoms with E-state index in [4.69, 9.17) is 4.74 Å². The summed E-state index contributed by atoms with van der Waals surface area (Å²) in [6.45, 7) is 1.10. The van der Waals surface area contributed by atoms with Crippen LogP contribution in [0.15, 0.2) is 18.2 Å². The molecule has 24 heavy (non-hydrogen) atoms. The smallest absolute Gasteiger partial charge is 0.230 e. The number of carbonyl (C=O) groups is 1. The number of nitrogens with one attached hydrogen (secondary N) is 1. The molecule has 2 N–H and O–H groups in total. The van der Waals surface area contributed by atoms with Gasteiger partial charge in [0.15, 0.2) is 0 Å². The van der Waals surface area contributed by atoms with Crippen molar-refractivity contribution in [1.29, 1.82) is 0 Å². The molecule has 2 aliphatic rings. The first-order chi connectivity index (χ1) is 11.5. The molecule has 2 unspecified atom stereocenters. The Kier molecular flexibility index (Phi) is 5.15. The second-order valence-corrected chi connectivity index (χ2v) is 6.79. The Balaban J connectivity index is 1.81. The van der Waals surface area contributed by atoms with Crippen molar-refractivity contribution in [2.45, 2.75) is 43.6 Å². The second-order valence-electron chi connectivity index (χ2n) is 6.79. The maximum absolute atomic E-state index is 14.3. The van der Waals surface area contributed by atoms with Crippen LogP contribution >= 0.6 is 0 Å². The van der Waals surface area contributed by atoms with E-state index in [0.717, 1.165) is 25.3 Å². The van der Waals surface area contributed by atoms with Crippen molar-refractivity contribution >= 4 is 5.91 Å². The molecule has 0 bridgehead atoms. The average molecular weight is 339 g/mol. The molecule has 2 atom stereocenters. The van der Waals surface area contributed by atoms with Gasteiger partial charge in [0.1, 0.15) is 11.6 Å². The van der Waals surface area contributed by atoms with Crippen molar-refractivity contribution in [3.63, 3.8) is 0 Å². The van der Waals surface area contributed by atoms with E-state index in [1.165, 1.54) is 12.1 Å². The van der Waals surface area contributed by atoms with Crippen molar-refractivity contribution in [3.8, 4) is 0 Å². The summed E-state index contributed by atoms with van der Waals surface area (Å²) in [5.74, 6) is -1.58. The summed E-state index contributed by atoms with van der Waals surface area (Å²) in [6, 6.07) is 3.37. The van der Waals surface area contributed by atoms with Gasteiger partial charge in [-0.2, -0.15) is 0 Å². The molecule has 1 amide bonds. The highest BCUT2D eigenvalue weighted by Crippen LogP contribution is 2.37. The summed E-state index contributed by atoms with van der Waals surface area (Å²) in [5, 5.41) is 12.8. The number of aliphatic hydroxyl groups is 1. The molecule has 0 spiro atoms. The van der Waals surface area contributed by atoms with Gasteiger partial charge in [0.05, 0.1) is 11.5 Å². The molecule has 1 aliphatic carbocycles. The normalized spacial score (nSPS) is 26.3. The van der Waals surface area contributed by atoms with E-state index in [1.807, 2.05) is 0 Å². The lowest BCUT2D eigenvalue weighted by Crippen LogP contribution is -2.50. The maximum atomic E-state index is 14.3. The molecule has 6 heteroatoms. The molecule has 1 aromatic carbocycles. The molecule has 0 radical (unpaired) electrons. The van der Waals surface area contributed by atoms with Crippen LogP contribution in [0.2, 0.25) is 0 Å². The van der Waals surface area contributed by atoms with Gasteiger partial charge in [-0.1, -0.05) is 12.5 Å². The fourth-order valence-electron chi connectivity index (χ4n) is 3.86. The van der Waals surface area contributed by atoms with Crippen LogP contribution < -0.4 is 5.32 Å². The number of benzene rings is 1. The van der Waals surface area contributed by atoms with Crippen LogP contribution in [0.1, 0.15) is 37.7 Å². The van der Waals surface area contributed by atoms with Gasteiger partial charge in [-0.25, -0.2) is 8.78 Å². The van der Waals surface area contributed by atoms with Gasteiger partial charge in [0, 0.05) is 37.3 Å². The van der Waals surface area contributed by atoms with E-state index in [1.54, 1.807) is 0 Å². The summed E-state index contributed by atoms with van der Waals surface area (Å²) in [4.78, 5) is 12.9. The second kappa shape index (κ2) is 7.15. The fraction of sp³-hybridized carbons (Fsp3) is 0.611. The molecule has 2 fully saturated rings. The van der Waals surface area contributed by atoms with Crippen molar-refractivity contribution in [2.24, 2.45) is 5.92 Å². The number of halogens is 2. The Morgan fingerprint density at radius 1 is 1.29 bits per heavy atom. The van der Waals surface area contributed by atoms with Crippen molar-refractivity contribution in [2.75, 3.05) is 19.8 Å². The van der Waals surface area contributed by atoms with Gasteiger partial charge < -0.3 is 15.2 Å². The number of hydrogen-bond donors (Lipinski definition) is 2. The average Bonchev–Trinajstić information content (AvgIpc) is 2.98. The van der Waals surface area contributed by atoms with E-state index < -0.39 is 23.2 Å². The Bertz CT molecular complexity index is 602. The van der Waals surface area contributed by atoms with E-state index in [0.29, 0.717) is 32.6 Å². The Morgan fingerprint density at radius 2 is 2.04 bits per heavy atom. The van der Waals surface area contributed by atoms with Crippen LogP contribution in [0.4, 0.5) is 8.78 Å². The van der Waals surface area contributed by atoms with Gasteiger partial charge in [0.2, 0.25) is 5.91 Å². The molecule has 1 aromatic rings. The van der Waals surface area contributed by atoms with Crippen LogP contribution in [0, 0.1) is 17.6 Å². The van der Waals surface area contributed by atoms with Gasteiger partial charge in [0.25, 0.3) is 0 Å². The number of amides is 1. The quantitative estimate of drug-likeness (QED) is 0.885. The lowest BCUT2D eigenvalue weighted by Gasteiger charge is -2.36. The van der Waals surface area contributed by atoms with Gasteiger partial charge in [-0.3, -0.25) is 4.79 Å². The first-order valence-corrected chi connectivity index (χ1v) is 8.52. The molecular formula is C18H23F2NO3. The monoisotopic (exact) mass is 339 g/mol. The molecular weight excluding hydrogens is 316 g/mol. The lowest BCUT2D eigenvalue weighted by atomic mass is 9.73. The number of carbonyl (C=O) groups excluding carboxylic acids is 1. The fourth-order valence-corrected chi connectivity index (χ4v) is 3.86. The third kappa shape index (κ3) is 3.30. The standard InChI is InChI=1S/C18H23F2NO3/c19-13-4-5-14(15(20)10-13)18(6-8-24-9-7-18)17(23)21-11-12-2-1-3-16(12)22/h4-5,10,12,16,22H,1-3,6-9,11H2,(H,21,23). The highest BCUT2D eigenvalue weighted by molar-refractivity contribution is 5.88. The summed E-state index contributed by atoms with van der Waals surface area (Å²) in [5.41, 5.74) is -0.823. The van der Waals surface area contributed by atoms with E-state index in [-0.39, 0.29) is 17.4 Å². The molecule has 0 aromatic heterocycles. The molecule has 1 heterocycles. The number of ether oxygens (including phenoxy) is 1. The Hall–Kier alpha value is -1.53. The highest BCUT2D eigenvalue weighted by Gasteiger charge is 2.43. The van der Waals surface area contributed by atoms with E-state index >= 15 is 0 Å². The van der Waals surface area contributed by atoms with E-state index in [9.17, 15) is 18.7 Å². The number of rotatable bonds is 4. The molecule has 132 valence electrons. The van der Waals surface area contributed by atoms with Gasteiger partial charge in [-0.15, -0.1) is 0 Å². The molecule has 1 saturated carbocycles. The minimum absolute atomic E-state index is 0.0453. The maximum Gasteiger partial charge on any atom is 0.230 e. The zero-order valence-electron chi connectivity index (χ0n) is 13.6. The summed E-state index contributed by atoms with van der Waals surface area (Å²) < 4.78 is 32.9. The first-order valence-electron chi connectivity index (χ1n) is 8.52. The highest BCUT2D eigenvalue weighted by atomic mass is 19.1. The Labute approximate surface area is 140 Å². The topological polar surface area (TPSA) is 58.6 Å². The zero-order valence-corrected chi connectivity index (χ0v) is 13.6. The number of aliphatic hydroxyl groups excluding tert-OH is 1. The van der Waals surface area contributed by atoms with Crippen molar-refractivity contribution in [3.05, 3.63) is 35.4 Å². The van der Waals surface area contributed by atoms with Crippen LogP contribution in [-0.4, -0.2) is 36.9 Å². The van der Waals surface area contributed by atoms with Gasteiger partial charge >= 0.3 is 0 Å². The number of hydrogen-bond acceptors (Lipinski definition) is 3. The van der Waals surface area contributed by atoms with Crippen LogP contribution in [0.5, 0.6) is 0 Å². The summed E-state index contributed by atoms with van der Waals surface area (Å²) in [7, 11) is 0. The van der Waals surface area contributed by atoms with Crippen molar-refractivity contribution in [1.82, 2.24) is 5.32 Å².